The summed E-state index contributed by atoms with van der Waals surface area (Å²) in [5, 5.41) is 11.7. The predicted octanol–water partition coefficient (Wildman–Crippen LogP) is 2.77. The highest BCUT2D eigenvalue weighted by Crippen LogP contribution is 2.22. The minimum atomic E-state index is 0.322. The summed E-state index contributed by atoms with van der Waals surface area (Å²) in [6.45, 7) is 3.09. The number of nitrogens with zero attached hydrogens (tertiary/aromatic N) is 1. The van der Waals surface area contributed by atoms with Crippen LogP contribution in [0.15, 0.2) is 36.4 Å². The molecule has 3 nitrogen and oxygen atoms in total. The van der Waals surface area contributed by atoms with Crippen molar-refractivity contribution in [2.75, 3.05) is 20.2 Å². The van der Waals surface area contributed by atoms with Crippen molar-refractivity contribution < 1.29 is 9.84 Å². The fourth-order valence-electron chi connectivity index (χ4n) is 2.77. The van der Waals surface area contributed by atoms with Crippen LogP contribution in [0, 0.1) is 0 Å². The third-order valence-electron chi connectivity index (χ3n) is 3.86. The molecular weight excluding hydrogens is 238 g/mol. The van der Waals surface area contributed by atoms with Gasteiger partial charge in [0.1, 0.15) is 5.75 Å². The maximum absolute atomic E-state index is 9.46. The summed E-state index contributed by atoms with van der Waals surface area (Å²) in [7, 11) is 1.79. The molecule has 2 aromatic rings. The Morgan fingerprint density at radius 1 is 1.21 bits per heavy atom. The van der Waals surface area contributed by atoms with Gasteiger partial charge in [-0.1, -0.05) is 18.2 Å². The molecule has 1 fully saturated rings. The van der Waals surface area contributed by atoms with Gasteiger partial charge >= 0.3 is 0 Å². The average molecular weight is 257 g/mol. The van der Waals surface area contributed by atoms with Gasteiger partial charge in [-0.25, -0.2) is 0 Å². The number of ether oxygens (including phenoxy) is 1. The molecule has 2 aromatic carbocycles. The highest BCUT2D eigenvalue weighted by molar-refractivity contribution is 5.84. The Labute approximate surface area is 113 Å². The topological polar surface area (TPSA) is 32.7 Å². The van der Waals surface area contributed by atoms with Gasteiger partial charge in [-0.15, -0.1) is 0 Å². The summed E-state index contributed by atoms with van der Waals surface area (Å²) in [5.74, 6) is 0.322. The molecule has 1 heterocycles. The van der Waals surface area contributed by atoms with Gasteiger partial charge in [0, 0.05) is 26.7 Å². The molecule has 3 rings (SSSR count). The fraction of sp³-hybridized carbons (Fsp3) is 0.375. The maximum Gasteiger partial charge on any atom is 0.116 e. The van der Waals surface area contributed by atoms with Crippen LogP contribution in [-0.4, -0.2) is 36.3 Å². The lowest BCUT2D eigenvalue weighted by molar-refractivity contribution is 0.107. The first kappa shape index (κ1) is 12.5. The molecule has 1 aliphatic rings. The Kier molecular flexibility index (Phi) is 3.40. The van der Waals surface area contributed by atoms with Crippen molar-refractivity contribution in [3.8, 4) is 5.75 Å². The lowest BCUT2D eigenvalue weighted by Gasteiger charge is -2.16. The van der Waals surface area contributed by atoms with Gasteiger partial charge in [0.15, 0.2) is 0 Å². The molecule has 0 aliphatic carbocycles. The Hall–Kier alpha value is -1.58. The quantitative estimate of drug-likeness (QED) is 0.917. The smallest absolute Gasteiger partial charge is 0.116 e. The number of benzene rings is 2. The van der Waals surface area contributed by atoms with E-state index in [1.54, 1.807) is 19.2 Å². The second kappa shape index (κ2) is 5.19. The number of phenols is 1. The number of hydrogen-bond donors (Lipinski definition) is 1. The van der Waals surface area contributed by atoms with Crippen LogP contribution in [0.5, 0.6) is 5.75 Å². The van der Waals surface area contributed by atoms with E-state index in [0.717, 1.165) is 31.4 Å². The van der Waals surface area contributed by atoms with Gasteiger partial charge in [-0.2, -0.15) is 0 Å². The fourth-order valence-corrected chi connectivity index (χ4v) is 2.77. The second-order valence-electron chi connectivity index (χ2n) is 5.25. The van der Waals surface area contributed by atoms with Crippen molar-refractivity contribution in [2.24, 2.45) is 0 Å². The largest absolute Gasteiger partial charge is 0.508 e. The molecule has 1 aliphatic heterocycles. The van der Waals surface area contributed by atoms with E-state index >= 15 is 0 Å². The first-order chi connectivity index (χ1) is 9.24. The molecule has 0 radical (unpaired) electrons. The number of aromatic hydroxyl groups is 1. The third-order valence-corrected chi connectivity index (χ3v) is 3.86. The van der Waals surface area contributed by atoms with E-state index in [4.69, 9.17) is 4.74 Å². The zero-order valence-corrected chi connectivity index (χ0v) is 11.2. The average Bonchev–Trinajstić information content (AvgIpc) is 2.86. The van der Waals surface area contributed by atoms with E-state index < -0.39 is 0 Å². The van der Waals surface area contributed by atoms with Crippen molar-refractivity contribution in [2.45, 2.75) is 19.1 Å². The highest BCUT2D eigenvalue weighted by atomic mass is 16.5. The minimum absolute atomic E-state index is 0.322. The first-order valence-corrected chi connectivity index (χ1v) is 6.71. The Balaban J connectivity index is 1.77. The Bertz CT molecular complexity index is 582. The van der Waals surface area contributed by atoms with Gasteiger partial charge < -0.3 is 9.84 Å². The summed E-state index contributed by atoms with van der Waals surface area (Å²) >= 11 is 0. The monoisotopic (exact) mass is 257 g/mol. The number of fused-ring (bicyclic) bond motifs is 1. The van der Waals surface area contributed by atoms with E-state index in [0.29, 0.717) is 11.9 Å². The van der Waals surface area contributed by atoms with Crippen molar-refractivity contribution in [3.63, 3.8) is 0 Å². The molecule has 1 unspecified atom stereocenters. The van der Waals surface area contributed by atoms with Gasteiger partial charge in [0.25, 0.3) is 0 Å². The van der Waals surface area contributed by atoms with Gasteiger partial charge in [-0.3, -0.25) is 4.90 Å². The van der Waals surface area contributed by atoms with Crippen LogP contribution < -0.4 is 0 Å². The van der Waals surface area contributed by atoms with Crippen LogP contribution in [0.3, 0.4) is 0 Å². The van der Waals surface area contributed by atoms with E-state index in [-0.39, 0.29) is 0 Å². The molecule has 100 valence electrons. The lowest BCUT2D eigenvalue weighted by Crippen LogP contribution is -2.22. The second-order valence-corrected chi connectivity index (χ2v) is 5.25. The predicted molar refractivity (Wildman–Crippen MR) is 76.3 cm³/mol. The number of hydrogen-bond acceptors (Lipinski definition) is 3. The molecule has 0 saturated carbocycles. The van der Waals surface area contributed by atoms with Crippen LogP contribution in [0.4, 0.5) is 0 Å². The van der Waals surface area contributed by atoms with Gasteiger partial charge in [0.2, 0.25) is 0 Å². The van der Waals surface area contributed by atoms with Crippen LogP contribution in [0.2, 0.25) is 0 Å². The third kappa shape index (κ3) is 2.72. The summed E-state index contributed by atoms with van der Waals surface area (Å²) in [6, 6.07) is 11.9. The number of likely N-dealkylation sites (tertiary alicyclic amines) is 1. The summed E-state index contributed by atoms with van der Waals surface area (Å²) < 4.78 is 5.39. The van der Waals surface area contributed by atoms with E-state index in [2.05, 4.69) is 23.1 Å². The summed E-state index contributed by atoms with van der Waals surface area (Å²) in [5.41, 5.74) is 1.31. The van der Waals surface area contributed by atoms with Crippen molar-refractivity contribution >= 4 is 10.8 Å². The lowest BCUT2D eigenvalue weighted by atomic mass is 10.1. The molecule has 0 spiro atoms. The number of rotatable bonds is 3. The van der Waals surface area contributed by atoms with Crippen molar-refractivity contribution in [3.05, 3.63) is 42.0 Å². The van der Waals surface area contributed by atoms with E-state index in [9.17, 15) is 5.11 Å². The highest BCUT2D eigenvalue weighted by Gasteiger charge is 2.21. The zero-order chi connectivity index (χ0) is 13.2. The van der Waals surface area contributed by atoms with Crippen LogP contribution in [0.25, 0.3) is 10.8 Å². The van der Waals surface area contributed by atoms with Crippen molar-refractivity contribution in [1.29, 1.82) is 0 Å². The van der Waals surface area contributed by atoms with E-state index in [1.807, 2.05) is 6.07 Å². The first-order valence-electron chi connectivity index (χ1n) is 6.71. The standard InChI is InChI=1S/C16H19NO2/c1-19-16-6-7-17(11-16)10-12-2-3-14-9-15(18)5-4-13(14)8-12/h2-5,8-9,16,18H,6-7,10-11H2,1H3. The summed E-state index contributed by atoms with van der Waals surface area (Å²) in [4.78, 5) is 2.43. The maximum atomic E-state index is 9.46. The summed E-state index contributed by atoms with van der Waals surface area (Å²) in [6.07, 6.45) is 1.51. The van der Waals surface area contributed by atoms with E-state index in [1.165, 1.54) is 10.9 Å². The molecule has 1 N–H and O–H groups in total. The zero-order valence-electron chi connectivity index (χ0n) is 11.2. The van der Waals surface area contributed by atoms with Crippen molar-refractivity contribution in [1.82, 2.24) is 4.90 Å². The molecule has 1 saturated heterocycles. The Morgan fingerprint density at radius 2 is 2.00 bits per heavy atom. The SMILES string of the molecule is COC1CCN(Cc2ccc3cc(O)ccc3c2)C1. The molecule has 1 atom stereocenters. The van der Waals surface area contributed by atoms with Crippen LogP contribution in [0.1, 0.15) is 12.0 Å². The molecule has 3 heteroatoms. The Morgan fingerprint density at radius 3 is 2.79 bits per heavy atom. The molecule has 0 aromatic heterocycles. The molecular formula is C16H19NO2. The van der Waals surface area contributed by atoms with Gasteiger partial charge in [0.05, 0.1) is 6.10 Å². The number of methoxy groups -OCH3 is 1. The van der Waals surface area contributed by atoms with Crippen LogP contribution >= 0.6 is 0 Å². The van der Waals surface area contributed by atoms with Gasteiger partial charge in [-0.05, 0) is 41.0 Å². The molecule has 0 bridgehead atoms. The van der Waals surface area contributed by atoms with Crippen LogP contribution in [-0.2, 0) is 11.3 Å². The number of phenolic OH excluding ortho intramolecular Hbond substituents is 1. The normalized spacial score (nSPS) is 20.2. The molecule has 0 amide bonds. The molecule has 19 heavy (non-hydrogen) atoms. The minimum Gasteiger partial charge on any atom is -0.508 e.